The Bertz CT molecular complexity index is 1160. The standard InChI is InChI=1S/C18H16N6O/c1-9-6-14-10(8-21-24(14)2)7-13(9)11-4-3-5-12-15(19)17(18(20)25)23-22-16(11)12/h3-8H,1-2H3,(H2,19,22)(H2,20,25). The molecular formula is C18H16N6O. The Hall–Kier alpha value is -3.48. The number of fused-ring (bicyclic) bond motifs is 2. The van der Waals surface area contributed by atoms with Gasteiger partial charge in [0.05, 0.1) is 17.4 Å². The molecular weight excluding hydrogens is 316 g/mol. The predicted octanol–water partition coefficient (Wildman–Crippen LogP) is 2.17. The van der Waals surface area contributed by atoms with Gasteiger partial charge in [-0.15, -0.1) is 10.2 Å². The number of hydrogen-bond acceptors (Lipinski definition) is 5. The van der Waals surface area contributed by atoms with Crippen LogP contribution >= 0.6 is 0 Å². The van der Waals surface area contributed by atoms with Crippen LogP contribution in [0.3, 0.4) is 0 Å². The molecule has 4 aromatic rings. The van der Waals surface area contributed by atoms with Gasteiger partial charge in [-0.1, -0.05) is 18.2 Å². The highest BCUT2D eigenvalue weighted by Gasteiger charge is 2.16. The van der Waals surface area contributed by atoms with Gasteiger partial charge in [-0.2, -0.15) is 5.10 Å². The topological polar surface area (TPSA) is 113 Å². The van der Waals surface area contributed by atoms with Crippen LogP contribution in [-0.2, 0) is 7.05 Å². The van der Waals surface area contributed by atoms with Crippen molar-refractivity contribution >= 4 is 33.4 Å². The molecule has 0 aliphatic heterocycles. The number of hydrogen-bond donors (Lipinski definition) is 2. The maximum Gasteiger partial charge on any atom is 0.271 e. The van der Waals surface area contributed by atoms with Crippen LogP contribution < -0.4 is 11.5 Å². The normalized spacial score (nSPS) is 11.3. The van der Waals surface area contributed by atoms with E-state index in [-0.39, 0.29) is 11.4 Å². The van der Waals surface area contributed by atoms with Crippen LogP contribution in [0.1, 0.15) is 16.1 Å². The molecule has 0 aliphatic rings. The zero-order chi connectivity index (χ0) is 17.7. The molecule has 0 spiro atoms. The zero-order valence-corrected chi connectivity index (χ0v) is 13.8. The Labute approximate surface area is 143 Å². The van der Waals surface area contributed by atoms with Crippen LogP contribution in [-0.4, -0.2) is 25.9 Å². The maximum absolute atomic E-state index is 11.5. The summed E-state index contributed by atoms with van der Waals surface area (Å²) in [5, 5.41) is 14.1. The molecule has 2 aromatic carbocycles. The molecule has 7 heteroatoms. The Morgan fingerprint density at radius 3 is 2.72 bits per heavy atom. The Balaban J connectivity index is 2.03. The molecule has 1 amide bonds. The highest BCUT2D eigenvalue weighted by molar-refractivity contribution is 6.07. The lowest BCUT2D eigenvalue weighted by Crippen LogP contribution is -2.16. The van der Waals surface area contributed by atoms with Gasteiger partial charge >= 0.3 is 0 Å². The summed E-state index contributed by atoms with van der Waals surface area (Å²) in [7, 11) is 1.91. The third-order valence-corrected chi connectivity index (χ3v) is 4.45. The number of aromatic nitrogens is 4. The van der Waals surface area contributed by atoms with Crippen LogP contribution in [0, 0.1) is 6.92 Å². The van der Waals surface area contributed by atoms with Crippen LogP contribution in [0.2, 0.25) is 0 Å². The second kappa shape index (κ2) is 5.27. The molecule has 7 nitrogen and oxygen atoms in total. The van der Waals surface area contributed by atoms with E-state index in [9.17, 15) is 4.79 Å². The fourth-order valence-corrected chi connectivity index (χ4v) is 3.14. The fourth-order valence-electron chi connectivity index (χ4n) is 3.14. The highest BCUT2D eigenvalue weighted by atomic mass is 16.1. The second-order valence-electron chi connectivity index (χ2n) is 6.02. The number of nitrogens with zero attached hydrogens (tertiary/aromatic N) is 4. The first kappa shape index (κ1) is 15.1. The molecule has 0 atom stereocenters. The van der Waals surface area contributed by atoms with Crippen LogP contribution in [0.25, 0.3) is 32.9 Å². The molecule has 124 valence electrons. The van der Waals surface area contributed by atoms with Gasteiger partial charge < -0.3 is 11.5 Å². The number of aryl methyl sites for hydroxylation is 2. The third kappa shape index (κ3) is 2.20. The van der Waals surface area contributed by atoms with Gasteiger partial charge in [0.2, 0.25) is 0 Å². The van der Waals surface area contributed by atoms with Crippen LogP contribution in [0.15, 0.2) is 36.5 Å². The molecule has 0 saturated heterocycles. The minimum Gasteiger partial charge on any atom is -0.396 e. The summed E-state index contributed by atoms with van der Waals surface area (Å²) in [6.45, 7) is 2.04. The first-order chi connectivity index (χ1) is 12.0. The van der Waals surface area contributed by atoms with E-state index in [4.69, 9.17) is 11.5 Å². The highest BCUT2D eigenvalue weighted by Crippen LogP contribution is 2.34. The number of carbonyl (C=O) groups is 1. The minimum absolute atomic E-state index is 0.0101. The summed E-state index contributed by atoms with van der Waals surface area (Å²) in [5.74, 6) is -0.690. The van der Waals surface area contributed by atoms with Crippen molar-refractivity contribution in [2.45, 2.75) is 6.92 Å². The van der Waals surface area contributed by atoms with Crippen LogP contribution in [0.4, 0.5) is 5.69 Å². The lowest BCUT2D eigenvalue weighted by Gasteiger charge is -2.11. The zero-order valence-electron chi connectivity index (χ0n) is 13.8. The summed E-state index contributed by atoms with van der Waals surface area (Å²) in [6.07, 6.45) is 1.83. The van der Waals surface area contributed by atoms with E-state index in [1.165, 1.54) is 0 Å². The van der Waals surface area contributed by atoms with E-state index in [2.05, 4.69) is 27.4 Å². The lowest BCUT2D eigenvalue weighted by molar-refractivity contribution is 0.0996. The predicted molar refractivity (Wildman–Crippen MR) is 96.9 cm³/mol. The van der Waals surface area contributed by atoms with Gasteiger partial charge in [0.1, 0.15) is 5.52 Å². The summed E-state index contributed by atoms with van der Waals surface area (Å²) in [4.78, 5) is 11.5. The molecule has 4 N–H and O–H groups in total. The summed E-state index contributed by atoms with van der Waals surface area (Å²) in [5.41, 5.74) is 16.3. The summed E-state index contributed by atoms with van der Waals surface area (Å²) in [6, 6.07) is 9.82. The Morgan fingerprint density at radius 2 is 1.96 bits per heavy atom. The number of carbonyl (C=O) groups excluding carboxylic acids is 1. The number of primary amides is 1. The minimum atomic E-state index is -0.690. The van der Waals surface area contributed by atoms with Gasteiger partial charge in [0, 0.05) is 23.4 Å². The maximum atomic E-state index is 11.5. The van der Waals surface area contributed by atoms with Crippen molar-refractivity contribution in [1.82, 2.24) is 20.0 Å². The summed E-state index contributed by atoms with van der Waals surface area (Å²) < 4.78 is 1.84. The van der Waals surface area contributed by atoms with Crippen molar-refractivity contribution in [1.29, 1.82) is 0 Å². The van der Waals surface area contributed by atoms with Crippen molar-refractivity contribution in [3.05, 3.63) is 47.8 Å². The Morgan fingerprint density at radius 1 is 1.16 bits per heavy atom. The number of nitrogens with two attached hydrogens (primary N) is 2. The van der Waals surface area contributed by atoms with E-state index in [0.717, 1.165) is 27.6 Å². The first-order valence-corrected chi connectivity index (χ1v) is 7.75. The van der Waals surface area contributed by atoms with Crippen molar-refractivity contribution in [2.75, 3.05) is 5.73 Å². The molecule has 0 saturated carbocycles. The smallest absolute Gasteiger partial charge is 0.271 e. The number of benzene rings is 2. The van der Waals surface area contributed by atoms with Gasteiger partial charge in [0.15, 0.2) is 5.69 Å². The van der Waals surface area contributed by atoms with Gasteiger partial charge in [0.25, 0.3) is 5.91 Å². The van der Waals surface area contributed by atoms with Gasteiger partial charge in [-0.05, 0) is 30.2 Å². The number of nitrogen functional groups attached to an aromatic ring is 1. The van der Waals surface area contributed by atoms with Crippen molar-refractivity contribution < 1.29 is 4.79 Å². The fraction of sp³-hybridized carbons (Fsp3) is 0.111. The third-order valence-electron chi connectivity index (χ3n) is 4.45. The van der Waals surface area contributed by atoms with E-state index in [1.807, 2.05) is 43.0 Å². The van der Waals surface area contributed by atoms with Gasteiger partial charge in [-0.3, -0.25) is 9.48 Å². The molecule has 2 heterocycles. The molecule has 0 radical (unpaired) electrons. The molecule has 25 heavy (non-hydrogen) atoms. The Kier molecular flexibility index (Phi) is 3.18. The van der Waals surface area contributed by atoms with E-state index < -0.39 is 5.91 Å². The van der Waals surface area contributed by atoms with Crippen molar-refractivity contribution in [3.63, 3.8) is 0 Å². The van der Waals surface area contributed by atoms with Crippen LogP contribution in [0.5, 0.6) is 0 Å². The quantitative estimate of drug-likeness (QED) is 0.584. The number of amides is 1. The van der Waals surface area contributed by atoms with E-state index >= 15 is 0 Å². The average Bonchev–Trinajstić information content (AvgIpc) is 2.94. The summed E-state index contributed by atoms with van der Waals surface area (Å²) >= 11 is 0. The van der Waals surface area contributed by atoms with Crippen molar-refractivity contribution in [3.8, 4) is 11.1 Å². The van der Waals surface area contributed by atoms with E-state index in [0.29, 0.717) is 10.9 Å². The average molecular weight is 332 g/mol. The largest absolute Gasteiger partial charge is 0.396 e. The molecule has 4 rings (SSSR count). The molecule has 2 aromatic heterocycles. The molecule has 0 fully saturated rings. The lowest BCUT2D eigenvalue weighted by atomic mass is 9.96. The van der Waals surface area contributed by atoms with Crippen molar-refractivity contribution in [2.24, 2.45) is 12.8 Å². The SMILES string of the molecule is Cc1cc2c(cnn2C)cc1-c1cccc2c(N)c(C(N)=O)nnc12. The molecule has 0 bridgehead atoms. The number of rotatable bonds is 2. The van der Waals surface area contributed by atoms with Gasteiger partial charge in [-0.25, -0.2) is 0 Å². The first-order valence-electron chi connectivity index (χ1n) is 7.75. The second-order valence-corrected chi connectivity index (χ2v) is 6.02. The van der Waals surface area contributed by atoms with E-state index in [1.54, 1.807) is 0 Å². The number of anilines is 1. The monoisotopic (exact) mass is 332 g/mol. The molecule has 0 aliphatic carbocycles. The molecule has 0 unspecified atom stereocenters.